The number of carbonyl (C=O) groups excluding carboxylic acids is 1. The van der Waals surface area contributed by atoms with Crippen molar-refractivity contribution in [1.82, 2.24) is 10.2 Å². The number of piperidine rings is 1. The van der Waals surface area contributed by atoms with Gasteiger partial charge in [0.25, 0.3) is 0 Å². The third kappa shape index (κ3) is 4.29. The van der Waals surface area contributed by atoms with Gasteiger partial charge in [-0.05, 0) is 37.3 Å². The zero-order chi connectivity index (χ0) is 15.2. The molecular formula is C16H24N2O3S. The average molecular weight is 324 g/mol. The molecule has 2 aliphatic rings. The van der Waals surface area contributed by atoms with Crippen LogP contribution in [0.2, 0.25) is 0 Å². The van der Waals surface area contributed by atoms with Crippen LogP contribution >= 0.6 is 11.3 Å². The minimum absolute atomic E-state index is 0.0986. The third-order valence-corrected chi connectivity index (χ3v) is 5.18. The first-order valence-electron chi connectivity index (χ1n) is 8.09. The first kappa shape index (κ1) is 15.9. The molecule has 0 radical (unpaired) electrons. The molecule has 1 aromatic heterocycles. The Kier molecular flexibility index (Phi) is 5.83. The lowest BCUT2D eigenvalue weighted by molar-refractivity contribution is -0.131. The van der Waals surface area contributed by atoms with Crippen molar-refractivity contribution >= 4 is 17.2 Å². The van der Waals surface area contributed by atoms with Crippen LogP contribution in [0.15, 0.2) is 17.5 Å². The van der Waals surface area contributed by atoms with Gasteiger partial charge in [0, 0.05) is 11.4 Å². The second-order valence-electron chi connectivity index (χ2n) is 5.82. The van der Waals surface area contributed by atoms with Crippen LogP contribution in [0.3, 0.4) is 0 Å². The Labute approximate surface area is 135 Å². The van der Waals surface area contributed by atoms with Crippen LogP contribution in [-0.2, 0) is 20.7 Å². The first-order chi connectivity index (χ1) is 10.8. The van der Waals surface area contributed by atoms with E-state index in [9.17, 15) is 4.79 Å². The second kappa shape index (κ2) is 8.06. The minimum atomic E-state index is -0.154. The summed E-state index contributed by atoms with van der Waals surface area (Å²) in [6, 6.07) is 4.37. The highest BCUT2D eigenvalue weighted by molar-refractivity contribution is 7.09. The van der Waals surface area contributed by atoms with Crippen LogP contribution in [0.1, 0.15) is 24.1 Å². The van der Waals surface area contributed by atoms with Gasteiger partial charge in [-0.1, -0.05) is 12.5 Å². The van der Waals surface area contributed by atoms with Crippen molar-refractivity contribution in [3.05, 3.63) is 22.4 Å². The highest BCUT2D eigenvalue weighted by atomic mass is 32.1. The normalized spacial score (nSPS) is 23.7. The first-order valence-corrected chi connectivity index (χ1v) is 8.97. The minimum Gasteiger partial charge on any atom is -0.355 e. The number of likely N-dealkylation sites (tertiary alicyclic amines) is 1. The number of rotatable bonds is 6. The number of hydrogen-bond donors (Lipinski definition) is 1. The van der Waals surface area contributed by atoms with E-state index in [1.165, 1.54) is 11.3 Å². The highest BCUT2D eigenvalue weighted by Gasteiger charge is 2.34. The van der Waals surface area contributed by atoms with Crippen molar-refractivity contribution in [3.63, 3.8) is 0 Å². The van der Waals surface area contributed by atoms with Gasteiger partial charge in [0.2, 0.25) is 5.91 Å². The number of carbonyl (C=O) groups is 1. The summed E-state index contributed by atoms with van der Waals surface area (Å²) < 4.78 is 11.3. The van der Waals surface area contributed by atoms with E-state index in [0.717, 1.165) is 25.8 Å². The van der Waals surface area contributed by atoms with Crippen molar-refractivity contribution in [2.24, 2.45) is 0 Å². The number of hydrogen-bond acceptors (Lipinski definition) is 5. The maximum atomic E-state index is 12.2. The molecule has 1 N–H and O–H groups in total. The maximum Gasteiger partial charge on any atom is 0.234 e. The fourth-order valence-corrected chi connectivity index (χ4v) is 3.85. The van der Waals surface area contributed by atoms with Gasteiger partial charge < -0.3 is 14.8 Å². The number of thiophene rings is 1. The van der Waals surface area contributed by atoms with Gasteiger partial charge in [0.15, 0.2) is 6.29 Å². The highest BCUT2D eigenvalue weighted by Crippen LogP contribution is 2.23. The Bertz CT molecular complexity index is 460. The Hall–Kier alpha value is -0.950. The lowest BCUT2D eigenvalue weighted by Crippen LogP contribution is -2.51. The predicted molar refractivity (Wildman–Crippen MR) is 85.9 cm³/mol. The molecule has 5 nitrogen and oxygen atoms in total. The number of ether oxygens (including phenoxy) is 2. The molecule has 2 fully saturated rings. The van der Waals surface area contributed by atoms with Crippen LogP contribution in [0.25, 0.3) is 0 Å². The predicted octanol–water partition coefficient (Wildman–Crippen LogP) is 1.63. The van der Waals surface area contributed by atoms with E-state index in [1.807, 2.05) is 6.07 Å². The van der Waals surface area contributed by atoms with E-state index in [0.29, 0.717) is 26.3 Å². The fraction of sp³-hybridized carbons (Fsp3) is 0.688. The molecule has 0 bridgehead atoms. The Balaban J connectivity index is 1.44. The molecule has 0 aliphatic carbocycles. The van der Waals surface area contributed by atoms with Crippen molar-refractivity contribution in [3.8, 4) is 0 Å². The summed E-state index contributed by atoms with van der Waals surface area (Å²) in [6.07, 6.45) is 4.13. The van der Waals surface area contributed by atoms with E-state index < -0.39 is 0 Å². The van der Waals surface area contributed by atoms with Crippen LogP contribution in [0.5, 0.6) is 0 Å². The molecule has 1 amide bonds. The molecule has 0 unspecified atom stereocenters. The van der Waals surface area contributed by atoms with E-state index in [-0.39, 0.29) is 18.2 Å². The number of amides is 1. The van der Waals surface area contributed by atoms with E-state index in [2.05, 4.69) is 21.7 Å². The van der Waals surface area contributed by atoms with E-state index in [4.69, 9.17) is 9.47 Å². The number of nitrogens with one attached hydrogen (secondary N) is 1. The van der Waals surface area contributed by atoms with Gasteiger partial charge in [-0.2, -0.15) is 0 Å². The Morgan fingerprint density at radius 1 is 1.36 bits per heavy atom. The summed E-state index contributed by atoms with van der Waals surface area (Å²) in [5, 5.41) is 5.09. The molecular weight excluding hydrogens is 300 g/mol. The van der Waals surface area contributed by atoms with E-state index >= 15 is 0 Å². The Morgan fingerprint density at radius 2 is 2.23 bits per heavy atom. The molecule has 0 spiro atoms. The quantitative estimate of drug-likeness (QED) is 0.864. The summed E-state index contributed by atoms with van der Waals surface area (Å²) in [4.78, 5) is 15.7. The summed E-state index contributed by atoms with van der Waals surface area (Å²) in [7, 11) is 0. The number of nitrogens with zero attached hydrogens (tertiary/aromatic N) is 1. The van der Waals surface area contributed by atoms with Crippen LogP contribution in [-0.4, -0.2) is 56.0 Å². The summed E-state index contributed by atoms with van der Waals surface area (Å²) >= 11 is 1.73. The molecule has 6 heteroatoms. The zero-order valence-corrected chi connectivity index (χ0v) is 13.6. The second-order valence-corrected chi connectivity index (χ2v) is 6.86. The van der Waals surface area contributed by atoms with Crippen molar-refractivity contribution < 1.29 is 14.3 Å². The topological polar surface area (TPSA) is 50.8 Å². The van der Waals surface area contributed by atoms with Crippen molar-refractivity contribution in [2.45, 2.75) is 38.0 Å². The van der Waals surface area contributed by atoms with Crippen molar-refractivity contribution in [2.75, 3.05) is 32.8 Å². The summed E-state index contributed by atoms with van der Waals surface area (Å²) in [5.41, 5.74) is 0. The molecule has 1 atom stereocenters. The fourth-order valence-electron chi connectivity index (χ4n) is 3.14. The molecule has 1 aromatic rings. The lowest BCUT2D eigenvalue weighted by Gasteiger charge is -2.37. The summed E-state index contributed by atoms with van der Waals surface area (Å²) in [6.45, 7) is 3.43. The van der Waals surface area contributed by atoms with Gasteiger partial charge in [-0.3, -0.25) is 9.69 Å². The SMILES string of the molecule is O=C(CN1CCCC[C@H]1C1OCCO1)NCCc1cccs1. The Morgan fingerprint density at radius 3 is 3.00 bits per heavy atom. The average Bonchev–Trinajstić information content (AvgIpc) is 3.21. The van der Waals surface area contributed by atoms with Crippen LogP contribution < -0.4 is 5.32 Å². The third-order valence-electron chi connectivity index (χ3n) is 4.25. The van der Waals surface area contributed by atoms with Crippen LogP contribution in [0.4, 0.5) is 0 Å². The largest absolute Gasteiger partial charge is 0.355 e. The van der Waals surface area contributed by atoms with Gasteiger partial charge in [0.05, 0.1) is 25.8 Å². The molecule has 0 saturated carbocycles. The molecule has 3 heterocycles. The van der Waals surface area contributed by atoms with Gasteiger partial charge in [-0.15, -0.1) is 11.3 Å². The molecule has 122 valence electrons. The van der Waals surface area contributed by atoms with Crippen molar-refractivity contribution in [1.29, 1.82) is 0 Å². The van der Waals surface area contributed by atoms with Gasteiger partial charge in [0.1, 0.15) is 0 Å². The molecule has 22 heavy (non-hydrogen) atoms. The van der Waals surface area contributed by atoms with Gasteiger partial charge >= 0.3 is 0 Å². The lowest BCUT2D eigenvalue weighted by atomic mass is 10.0. The van der Waals surface area contributed by atoms with Gasteiger partial charge in [-0.25, -0.2) is 0 Å². The standard InChI is InChI=1S/C16H24N2O3S/c19-15(17-7-6-13-4-3-11-22-13)12-18-8-2-1-5-14(18)16-20-9-10-21-16/h3-4,11,14,16H,1-2,5-10,12H2,(H,17,19)/t14-/m0/s1. The molecule has 2 saturated heterocycles. The van der Waals surface area contributed by atoms with Crippen LogP contribution in [0, 0.1) is 0 Å². The molecule has 3 rings (SSSR count). The smallest absolute Gasteiger partial charge is 0.234 e. The van der Waals surface area contributed by atoms with E-state index in [1.54, 1.807) is 11.3 Å². The maximum absolute atomic E-state index is 12.2. The summed E-state index contributed by atoms with van der Waals surface area (Å²) in [5.74, 6) is 0.0986. The molecule has 0 aromatic carbocycles. The monoisotopic (exact) mass is 324 g/mol. The molecule has 2 aliphatic heterocycles. The zero-order valence-electron chi connectivity index (χ0n) is 12.8.